The van der Waals surface area contributed by atoms with Gasteiger partial charge in [-0.2, -0.15) is 0 Å². The fourth-order valence-electron chi connectivity index (χ4n) is 4.07. The first kappa shape index (κ1) is 20.0. The molecule has 0 bridgehead atoms. The molecule has 7 heteroatoms. The molecule has 1 aliphatic rings. The molecule has 1 aliphatic heterocycles. The Morgan fingerprint density at radius 3 is 2.38 bits per heavy atom. The highest BCUT2D eigenvalue weighted by Crippen LogP contribution is 2.43. The fourth-order valence-corrected chi connectivity index (χ4v) is 4.20. The number of anilines is 1. The van der Waals surface area contributed by atoms with Gasteiger partial charge in [-0.1, -0.05) is 41.9 Å². The number of fused-ring (bicyclic) bond motifs is 1. The number of aliphatic hydroxyl groups excluding tert-OH is 1. The predicted molar refractivity (Wildman–Crippen MR) is 121 cm³/mol. The number of carbonyl (C=O) groups excluding carboxylic acids is 2. The van der Waals surface area contributed by atoms with Crippen molar-refractivity contribution in [2.24, 2.45) is 0 Å². The van der Waals surface area contributed by atoms with Crippen LogP contribution in [0.25, 0.3) is 16.7 Å². The second-order valence-electron chi connectivity index (χ2n) is 7.44. The third-order valence-corrected chi connectivity index (χ3v) is 5.83. The number of benzene rings is 3. The number of aromatic amines is 1. The summed E-state index contributed by atoms with van der Waals surface area (Å²) in [5.41, 5.74) is 2.04. The lowest BCUT2D eigenvalue weighted by Gasteiger charge is -2.25. The van der Waals surface area contributed by atoms with Crippen LogP contribution in [0.2, 0.25) is 5.02 Å². The number of ketones is 1. The topological polar surface area (TPSA) is 73.4 Å². The Bertz CT molecular complexity index is 1390. The zero-order valence-electron chi connectivity index (χ0n) is 16.5. The number of nitrogens with one attached hydrogen (secondary N) is 1. The number of carbonyl (C=O) groups is 2. The summed E-state index contributed by atoms with van der Waals surface area (Å²) in [4.78, 5) is 30.6. The highest BCUT2D eigenvalue weighted by molar-refractivity contribution is 6.51. The van der Waals surface area contributed by atoms with Gasteiger partial charge in [0.2, 0.25) is 0 Å². The molecule has 2 N–H and O–H groups in total. The van der Waals surface area contributed by atoms with Crippen LogP contribution in [-0.2, 0) is 9.59 Å². The van der Waals surface area contributed by atoms with E-state index in [9.17, 15) is 19.1 Å². The van der Waals surface area contributed by atoms with Crippen molar-refractivity contribution in [1.29, 1.82) is 0 Å². The van der Waals surface area contributed by atoms with Crippen molar-refractivity contribution >= 4 is 45.6 Å². The van der Waals surface area contributed by atoms with Crippen LogP contribution < -0.4 is 4.90 Å². The van der Waals surface area contributed by atoms with E-state index in [1.165, 1.54) is 29.2 Å². The summed E-state index contributed by atoms with van der Waals surface area (Å²) in [5.74, 6) is -2.36. The van der Waals surface area contributed by atoms with Crippen molar-refractivity contribution < 1.29 is 19.1 Å². The van der Waals surface area contributed by atoms with E-state index in [1.54, 1.807) is 30.5 Å². The number of hydrogen-bond donors (Lipinski definition) is 2. The Balaban J connectivity index is 1.75. The van der Waals surface area contributed by atoms with Gasteiger partial charge in [0.15, 0.2) is 0 Å². The molecule has 1 atom stereocenters. The van der Waals surface area contributed by atoms with Crippen LogP contribution in [0.5, 0.6) is 0 Å². The number of para-hydroxylation sites is 1. The molecule has 0 spiro atoms. The number of aliphatic hydroxyl groups is 1. The van der Waals surface area contributed by atoms with E-state index >= 15 is 0 Å². The first-order valence-electron chi connectivity index (χ1n) is 9.84. The van der Waals surface area contributed by atoms with Crippen molar-refractivity contribution in [2.75, 3.05) is 4.90 Å². The summed E-state index contributed by atoms with van der Waals surface area (Å²) in [7, 11) is 0. The number of aromatic nitrogens is 1. The van der Waals surface area contributed by atoms with Gasteiger partial charge in [-0.15, -0.1) is 0 Å². The van der Waals surface area contributed by atoms with Crippen LogP contribution in [0.3, 0.4) is 0 Å². The average molecular weight is 447 g/mol. The normalized spacial score (nSPS) is 17.9. The van der Waals surface area contributed by atoms with Gasteiger partial charge in [0.05, 0.1) is 11.6 Å². The third kappa shape index (κ3) is 3.16. The Labute approximate surface area is 187 Å². The van der Waals surface area contributed by atoms with E-state index in [-0.39, 0.29) is 11.3 Å². The van der Waals surface area contributed by atoms with Crippen LogP contribution >= 0.6 is 11.6 Å². The van der Waals surface area contributed by atoms with Crippen LogP contribution in [0, 0.1) is 5.82 Å². The highest BCUT2D eigenvalue weighted by atomic mass is 35.5. The molecule has 5 nitrogen and oxygen atoms in total. The van der Waals surface area contributed by atoms with Gasteiger partial charge in [0.1, 0.15) is 11.6 Å². The minimum Gasteiger partial charge on any atom is -0.507 e. The SMILES string of the molecule is O=C1C(=O)N(c2ccc(Cl)cc2)C(c2ccc(F)cc2)/C1=C(/O)c1c[nH]c2ccccc12. The van der Waals surface area contributed by atoms with Crippen molar-refractivity contribution in [3.63, 3.8) is 0 Å². The maximum Gasteiger partial charge on any atom is 0.300 e. The smallest absolute Gasteiger partial charge is 0.300 e. The highest BCUT2D eigenvalue weighted by Gasteiger charge is 2.47. The summed E-state index contributed by atoms with van der Waals surface area (Å²) in [5, 5.41) is 12.4. The van der Waals surface area contributed by atoms with Gasteiger partial charge >= 0.3 is 0 Å². The molecule has 158 valence electrons. The minimum absolute atomic E-state index is 0.0682. The predicted octanol–water partition coefficient (Wildman–Crippen LogP) is 5.59. The number of amides is 1. The van der Waals surface area contributed by atoms with Crippen molar-refractivity contribution in [1.82, 2.24) is 4.98 Å². The lowest BCUT2D eigenvalue weighted by molar-refractivity contribution is -0.132. The summed E-state index contributed by atoms with van der Waals surface area (Å²) in [6.07, 6.45) is 1.59. The van der Waals surface area contributed by atoms with Gasteiger partial charge < -0.3 is 10.1 Å². The average Bonchev–Trinajstić information content (AvgIpc) is 3.34. The molecule has 1 saturated heterocycles. The lowest BCUT2D eigenvalue weighted by atomic mass is 9.95. The molecule has 1 amide bonds. The summed E-state index contributed by atoms with van der Waals surface area (Å²) >= 11 is 5.99. The largest absolute Gasteiger partial charge is 0.507 e. The molecule has 32 heavy (non-hydrogen) atoms. The molecule has 0 aliphatic carbocycles. The van der Waals surface area contributed by atoms with Crippen molar-refractivity contribution in [2.45, 2.75) is 6.04 Å². The summed E-state index contributed by atoms with van der Waals surface area (Å²) in [6.45, 7) is 0. The van der Waals surface area contributed by atoms with E-state index in [0.717, 1.165) is 5.52 Å². The van der Waals surface area contributed by atoms with E-state index in [0.29, 0.717) is 27.2 Å². The molecular weight excluding hydrogens is 431 g/mol. The molecule has 1 unspecified atom stereocenters. The van der Waals surface area contributed by atoms with Gasteiger partial charge in [-0.3, -0.25) is 14.5 Å². The van der Waals surface area contributed by atoms with Gasteiger partial charge in [-0.25, -0.2) is 4.39 Å². The van der Waals surface area contributed by atoms with Crippen molar-refractivity contribution in [3.8, 4) is 0 Å². The van der Waals surface area contributed by atoms with Crippen LogP contribution in [0.1, 0.15) is 17.2 Å². The molecule has 0 radical (unpaired) electrons. The Morgan fingerprint density at radius 2 is 1.66 bits per heavy atom. The number of halogens is 2. The van der Waals surface area contributed by atoms with Gasteiger partial charge in [-0.05, 0) is 48.0 Å². The van der Waals surface area contributed by atoms with Gasteiger partial charge in [0.25, 0.3) is 11.7 Å². The van der Waals surface area contributed by atoms with Crippen LogP contribution in [0.4, 0.5) is 10.1 Å². The molecule has 2 heterocycles. The zero-order valence-corrected chi connectivity index (χ0v) is 17.3. The Hall–Kier alpha value is -3.90. The molecule has 1 aromatic heterocycles. The number of hydrogen-bond acceptors (Lipinski definition) is 3. The maximum atomic E-state index is 13.6. The van der Waals surface area contributed by atoms with E-state index in [4.69, 9.17) is 11.6 Å². The van der Waals surface area contributed by atoms with Crippen LogP contribution in [-0.4, -0.2) is 21.8 Å². The van der Waals surface area contributed by atoms with Crippen LogP contribution in [0.15, 0.2) is 84.6 Å². The van der Waals surface area contributed by atoms with Crippen molar-refractivity contribution in [3.05, 3.63) is 107 Å². The summed E-state index contributed by atoms with van der Waals surface area (Å²) < 4.78 is 13.6. The first-order valence-corrected chi connectivity index (χ1v) is 10.2. The fraction of sp³-hybridized carbons (Fsp3) is 0.0400. The van der Waals surface area contributed by atoms with E-state index in [2.05, 4.69) is 4.98 Å². The molecule has 5 rings (SSSR count). The Morgan fingerprint density at radius 1 is 0.969 bits per heavy atom. The third-order valence-electron chi connectivity index (χ3n) is 5.58. The first-order chi connectivity index (χ1) is 15.5. The molecular formula is C25H16ClFN2O3. The maximum absolute atomic E-state index is 13.6. The van der Waals surface area contributed by atoms with E-state index in [1.807, 2.05) is 24.3 Å². The zero-order chi connectivity index (χ0) is 22.4. The second kappa shape index (κ2) is 7.66. The number of nitrogens with zero attached hydrogens (tertiary/aromatic N) is 1. The lowest BCUT2D eigenvalue weighted by Crippen LogP contribution is -2.29. The summed E-state index contributed by atoms with van der Waals surface area (Å²) in [6, 6.07) is 18.3. The van der Waals surface area contributed by atoms with E-state index < -0.39 is 23.5 Å². The Kier molecular flexibility index (Phi) is 4.79. The van der Waals surface area contributed by atoms with Gasteiger partial charge in [0, 0.05) is 33.4 Å². The molecule has 4 aromatic rings. The molecule has 0 saturated carbocycles. The second-order valence-corrected chi connectivity index (χ2v) is 7.88. The molecule has 3 aromatic carbocycles. The minimum atomic E-state index is -0.939. The number of H-pyrrole nitrogens is 1. The number of Topliss-reactive ketones (excluding diaryl/α,β-unsaturated/α-hetero) is 1. The quantitative estimate of drug-likeness (QED) is 0.245. The molecule has 1 fully saturated rings. The monoisotopic (exact) mass is 446 g/mol. The standard InChI is InChI=1S/C25H16ClFN2O3/c26-15-7-11-17(12-8-15)29-22(14-5-9-16(27)10-6-14)21(24(31)25(29)32)23(30)19-13-28-20-4-2-1-3-18(19)20/h1-13,22,28,30H/b23-21-. The number of rotatable bonds is 3.